The maximum absolute atomic E-state index is 14.1. The Kier molecular flexibility index (Phi) is 6.23. The second-order valence-electron chi connectivity index (χ2n) is 8.88. The highest BCUT2D eigenvalue weighted by molar-refractivity contribution is 7.89. The Morgan fingerprint density at radius 2 is 1.91 bits per heavy atom. The summed E-state index contributed by atoms with van der Waals surface area (Å²) in [4.78, 5) is 23.2. The molecule has 4 heterocycles. The monoisotopic (exact) mass is 497 g/mol. The third-order valence-corrected chi connectivity index (χ3v) is 7.16. The first-order chi connectivity index (χ1) is 15.4. The predicted molar refractivity (Wildman–Crippen MR) is 120 cm³/mol. The lowest BCUT2D eigenvalue weighted by Gasteiger charge is -2.40. The van der Waals surface area contributed by atoms with Crippen LogP contribution in [0.15, 0.2) is 35.5 Å². The van der Waals surface area contributed by atoms with Gasteiger partial charge < -0.3 is 15.0 Å². The van der Waals surface area contributed by atoms with E-state index < -0.39 is 21.4 Å². The van der Waals surface area contributed by atoms with Crippen LogP contribution in [0.5, 0.6) is 5.88 Å². The van der Waals surface area contributed by atoms with Gasteiger partial charge in [-0.2, -0.15) is 0 Å². The van der Waals surface area contributed by atoms with E-state index in [1.165, 1.54) is 18.5 Å². The summed E-state index contributed by atoms with van der Waals surface area (Å²) in [7, 11) is -3.80. The fourth-order valence-electron chi connectivity index (χ4n) is 4.49. The zero-order chi connectivity index (χ0) is 24.0. The molecule has 33 heavy (non-hydrogen) atoms. The first-order valence-corrected chi connectivity index (χ1v) is 12.4. The van der Waals surface area contributed by atoms with Gasteiger partial charge in [-0.05, 0) is 57.7 Å². The zero-order valence-corrected chi connectivity index (χ0v) is 19.7. The van der Waals surface area contributed by atoms with E-state index in [9.17, 15) is 17.6 Å². The fraction of sp³-hybridized carbons (Fsp3) is 0.476. The van der Waals surface area contributed by atoms with Gasteiger partial charge in [0, 0.05) is 30.5 Å². The van der Waals surface area contributed by atoms with Crippen LogP contribution >= 0.6 is 11.6 Å². The van der Waals surface area contributed by atoms with E-state index >= 15 is 0 Å². The Balaban J connectivity index is 1.41. The van der Waals surface area contributed by atoms with Crippen LogP contribution in [0.2, 0.25) is 5.02 Å². The number of carbonyl (C=O) groups excluding carboxylic acids is 1. The summed E-state index contributed by atoms with van der Waals surface area (Å²) in [6, 6.07) is 4.42. The van der Waals surface area contributed by atoms with E-state index in [0.717, 1.165) is 18.9 Å². The summed E-state index contributed by atoms with van der Waals surface area (Å²) in [6.45, 7) is 3.11. The highest BCUT2D eigenvalue weighted by Crippen LogP contribution is 2.39. The van der Waals surface area contributed by atoms with Gasteiger partial charge in [-0.1, -0.05) is 11.6 Å². The molecule has 2 bridgehead atoms. The van der Waals surface area contributed by atoms with Crippen LogP contribution in [-0.4, -0.2) is 48.0 Å². The van der Waals surface area contributed by atoms with Gasteiger partial charge in [-0.3, -0.25) is 4.79 Å². The summed E-state index contributed by atoms with van der Waals surface area (Å²) in [5, 5.41) is 8.32. The lowest BCUT2D eigenvalue weighted by Crippen LogP contribution is -2.55. The fourth-order valence-corrected chi connectivity index (χ4v) is 5.09. The predicted octanol–water partition coefficient (Wildman–Crippen LogP) is 2.39. The van der Waals surface area contributed by atoms with Gasteiger partial charge >= 0.3 is 0 Å². The molecule has 0 radical (unpaired) electrons. The molecule has 178 valence electrons. The highest BCUT2D eigenvalue weighted by Gasteiger charge is 2.43. The Morgan fingerprint density at radius 3 is 2.45 bits per heavy atom. The maximum atomic E-state index is 14.1. The first kappa shape index (κ1) is 23.7. The molecule has 1 amide bonds. The number of piperidine rings is 1. The molecule has 12 heteroatoms. The Labute approximate surface area is 196 Å². The molecule has 0 saturated carbocycles. The van der Waals surface area contributed by atoms with Crippen LogP contribution in [0.25, 0.3) is 0 Å². The minimum atomic E-state index is -3.80. The molecule has 2 saturated heterocycles. The molecule has 2 aliphatic rings. The molecular weight excluding hydrogens is 473 g/mol. The van der Waals surface area contributed by atoms with Gasteiger partial charge in [0.25, 0.3) is 11.8 Å². The number of hydrogen-bond acceptors (Lipinski definition) is 7. The van der Waals surface area contributed by atoms with Crippen molar-refractivity contribution >= 4 is 33.3 Å². The van der Waals surface area contributed by atoms with Crippen molar-refractivity contribution in [3.63, 3.8) is 0 Å². The standard InChI is InChI=1S/C21H25ClFN5O4S/c1-21(2,32-19-17(23)7-12(22)10-26-19)20(29)27-13-8-14-3-4-15(9-13)28(14)18-6-5-16(11-25-18)33(24,30)31/h5-7,10-11,13-15H,3-4,8-9H2,1-2H3,(H,27,29)(H2,24,30,31). The van der Waals surface area contributed by atoms with Crippen LogP contribution < -0.4 is 20.1 Å². The number of carbonyl (C=O) groups is 1. The molecule has 2 fully saturated rings. The summed E-state index contributed by atoms with van der Waals surface area (Å²) in [5.41, 5.74) is -1.34. The number of nitrogens with two attached hydrogens (primary N) is 1. The summed E-state index contributed by atoms with van der Waals surface area (Å²) < 4.78 is 42.6. The third kappa shape index (κ3) is 5.04. The second-order valence-corrected chi connectivity index (χ2v) is 10.9. The van der Waals surface area contributed by atoms with E-state index in [1.54, 1.807) is 19.9 Å². The van der Waals surface area contributed by atoms with Crippen molar-refractivity contribution in [3.8, 4) is 5.88 Å². The number of pyridine rings is 2. The number of nitrogens with zero attached hydrogens (tertiary/aromatic N) is 3. The van der Waals surface area contributed by atoms with Crippen LogP contribution in [0, 0.1) is 5.82 Å². The number of rotatable bonds is 6. The lowest BCUT2D eigenvalue weighted by molar-refractivity contribution is -0.135. The molecular formula is C21H25ClFN5O4S. The number of halogens is 2. The van der Waals surface area contributed by atoms with Crippen LogP contribution in [-0.2, 0) is 14.8 Å². The Morgan fingerprint density at radius 1 is 1.24 bits per heavy atom. The number of nitrogens with one attached hydrogen (secondary N) is 1. The molecule has 2 aromatic rings. The number of sulfonamides is 1. The Bertz CT molecular complexity index is 1150. The van der Waals surface area contributed by atoms with Crippen molar-refractivity contribution in [1.29, 1.82) is 0 Å². The summed E-state index contributed by atoms with van der Waals surface area (Å²) in [6.07, 6.45) is 5.80. The molecule has 0 spiro atoms. The van der Waals surface area contributed by atoms with Gasteiger partial charge in [0.05, 0.1) is 5.02 Å². The smallest absolute Gasteiger partial charge is 0.263 e. The van der Waals surface area contributed by atoms with Crippen LogP contribution in [0.1, 0.15) is 39.5 Å². The van der Waals surface area contributed by atoms with Gasteiger partial charge in [0.1, 0.15) is 10.7 Å². The number of amides is 1. The molecule has 0 aromatic carbocycles. The van der Waals surface area contributed by atoms with Crippen molar-refractivity contribution in [1.82, 2.24) is 15.3 Å². The van der Waals surface area contributed by atoms with Gasteiger partial charge in [-0.15, -0.1) is 0 Å². The Hall–Kier alpha value is -2.50. The number of ether oxygens (including phenoxy) is 1. The second kappa shape index (κ2) is 8.69. The topological polar surface area (TPSA) is 128 Å². The number of aromatic nitrogens is 2. The van der Waals surface area contributed by atoms with E-state index in [1.807, 2.05) is 0 Å². The summed E-state index contributed by atoms with van der Waals surface area (Å²) >= 11 is 5.72. The van der Waals surface area contributed by atoms with E-state index in [-0.39, 0.29) is 39.8 Å². The molecule has 2 unspecified atom stereocenters. The highest BCUT2D eigenvalue weighted by atomic mass is 35.5. The number of anilines is 1. The van der Waals surface area contributed by atoms with Crippen LogP contribution in [0.3, 0.4) is 0 Å². The van der Waals surface area contributed by atoms with E-state index in [4.69, 9.17) is 21.5 Å². The quantitative estimate of drug-likeness (QED) is 0.627. The van der Waals surface area contributed by atoms with Gasteiger partial charge in [-0.25, -0.2) is 27.9 Å². The number of hydrogen-bond donors (Lipinski definition) is 2. The maximum Gasteiger partial charge on any atom is 0.263 e. The van der Waals surface area contributed by atoms with Crippen LogP contribution in [0.4, 0.5) is 10.2 Å². The molecule has 0 aliphatic carbocycles. The molecule has 3 N–H and O–H groups in total. The van der Waals surface area contributed by atoms with Crippen molar-refractivity contribution in [2.45, 2.75) is 68.2 Å². The normalized spacial score (nSPS) is 22.8. The summed E-state index contributed by atoms with van der Waals surface area (Å²) in [5.74, 6) is -0.709. The third-order valence-electron chi connectivity index (χ3n) is 6.05. The minimum absolute atomic E-state index is 0.0328. The molecule has 2 atom stereocenters. The van der Waals surface area contributed by atoms with Gasteiger partial charge in [0.2, 0.25) is 10.0 Å². The number of fused-ring (bicyclic) bond motifs is 2. The number of primary sulfonamides is 1. The average molecular weight is 498 g/mol. The van der Waals surface area contributed by atoms with Crippen molar-refractivity contribution in [2.24, 2.45) is 5.14 Å². The molecule has 4 rings (SSSR count). The SMILES string of the molecule is CC(C)(Oc1ncc(Cl)cc1F)C(=O)NC1CC2CCC(C1)N2c1ccc(S(N)(=O)=O)cn1. The van der Waals surface area contributed by atoms with E-state index in [0.29, 0.717) is 18.7 Å². The van der Waals surface area contributed by atoms with Crippen molar-refractivity contribution in [3.05, 3.63) is 41.4 Å². The lowest BCUT2D eigenvalue weighted by atomic mass is 9.96. The zero-order valence-electron chi connectivity index (χ0n) is 18.2. The minimum Gasteiger partial charge on any atom is -0.459 e. The van der Waals surface area contributed by atoms with Gasteiger partial charge in [0.15, 0.2) is 11.4 Å². The average Bonchev–Trinajstić information content (AvgIpc) is 3.00. The van der Waals surface area contributed by atoms with E-state index in [2.05, 4.69) is 20.2 Å². The molecule has 2 aliphatic heterocycles. The van der Waals surface area contributed by atoms with Crippen molar-refractivity contribution in [2.75, 3.05) is 4.90 Å². The molecule has 9 nitrogen and oxygen atoms in total. The largest absolute Gasteiger partial charge is 0.459 e. The molecule has 2 aromatic heterocycles. The first-order valence-electron chi connectivity index (χ1n) is 10.5. The van der Waals surface area contributed by atoms with Crippen molar-refractivity contribution < 1.29 is 22.3 Å².